The molecule has 4 rings (SSSR count). The number of pyridine rings is 1. The highest BCUT2D eigenvalue weighted by atomic mass is 35.5. The number of rotatable bonds is 5. The second-order valence-corrected chi connectivity index (χ2v) is 6.83. The Morgan fingerprint density at radius 2 is 2.12 bits per heavy atom. The average molecular weight is 386 g/mol. The maximum Gasteiger partial charge on any atom is 0.348 e. The predicted molar refractivity (Wildman–Crippen MR) is 99.0 cm³/mol. The van der Waals surface area contributed by atoms with E-state index in [1.165, 1.54) is 17.6 Å². The molecule has 0 atom stereocenters. The molecular formula is C19H12ClNO4S. The van der Waals surface area contributed by atoms with Crippen LogP contribution in [0.3, 0.4) is 0 Å². The summed E-state index contributed by atoms with van der Waals surface area (Å²) in [6, 6.07) is 14.1. The summed E-state index contributed by atoms with van der Waals surface area (Å²) >= 11 is 7.21. The van der Waals surface area contributed by atoms with E-state index in [4.69, 9.17) is 25.5 Å². The molecule has 3 aromatic heterocycles. The molecule has 0 aliphatic rings. The van der Waals surface area contributed by atoms with Crippen LogP contribution >= 0.6 is 22.9 Å². The van der Waals surface area contributed by atoms with Crippen molar-refractivity contribution < 1.29 is 18.7 Å². The second kappa shape index (κ2) is 7.19. The number of hydrogen-bond donors (Lipinski definition) is 0. The Morgan fingerprint density at radius 1 is 1.19 bits per heavy atom. The summed E-state index contributed by atoms with van der Waals surface area (Å²) in [6.07, 6.45) is 3.19. The van der Waals surface area contributed by atoms with Crippen molar-refractivity contribution in [1.82, 2.24) is 4.98 Å². The number of furan rings is 1. The van der Waals surface area contributed by atoms with Gasteiger partial charge in [0.25, 0.3) is 0 Å². The Balaban J connectivity index is 1.49. The fourth-order valence-electron chi connectivity index (χ4n) is 2.38. The molecule has 0 aliphatic carbocycles. The first-order valence-electron chi connectivity index (χ1n) is 7.70. The molecule has 0 spiro atoms. The molecule has 130 valence electrons. The number of thiophene rings is 1. The lowest BCUT2D eigenvalue weighted by molar-refractivity contribution is 0.0451. The van der Waals surface area contributed by atoms with Crippen molar-refractivity contribution >= 4 is 39.8 Å². The van der Waals surface area contributed by atoms with Crippen LogP contribution < -0.4 is 4.74 Å². The zero-order chi connectivity index (χ0) is 17.9. The Kier molecular flexibility index (Phi) is 4.60. The Hall–Kier alpha value is -2.83. The van der Waals surface area contributed by atoms with Crippen LogP contribution in [0.4, 0.5) is 0 Å². The van der Waals surface area contributed by atoms with Crippen molar-refractivity contribution in [1.29, 1.82) is 0 Å². The number of fused-ring (bicyclic) bond motifs is 1. The van der Waals surface area contributed by atoms with E-state index >= 15 is 0 Å². The molecule has 0 bridgehead atoms. The summed E-state index contributed by atoms with van der Waals surface area (Å²) < 4.78 is 16.3. The molecule has 5 nitrogen and oxygen atoms in total. The predicted octanol–water partition coefficient (Wildman–Crippen LogP) is 5.69. The standard InChI is InChI=1S/C19H12ClNO4S/c20-12-3-4-14-15(10-12)21-8-7-16(14)25-18-6-5-17(26-18)19(22)24-11-13-2-1-9-23-13/h1-10H,11H2. The second-order valence-electron chi connectivity index (χ2n) is 5.35. The number of carbonyl (C=O) groups excluding carboxylic acids is 1. The normalized spacial score (nSPS) is 10.8. The number of aromatic nitrogens is 1. The zero-order valence-corrected chi connectivity index (χ0v) is 14.9. The third kappa shape index (κ3) is 3.56. The van der Waals surface area contributed by atoms with Crippen LogP contribution in [-0.4, -0.2) is 11.0 Å². The smallest absolute Gasteiger partial charge is 0.348 e. The Labute approximate surface area is 157 Å². The number of nitrogens with zero attached hydrogens (tertiary/aromatic N) is 1. The van der Waals surface area contributed by atoms with Crippen molar-refractivity contribution in [2.24, 2.45) is 0 Å². The summed E-state index contributed by atoms with van der Waals surface area (Å²) in [7, 11) is 0. The van der Waals surface area contributed by atoms with Gasteiger partial charge in [-0.05, 0) is 48.5 Å². The van der Waals surface area contributed by atoms with Gasteiger partial charge in [-0.3, -0.25) is 4.98 Å². The van der Waals surface area contributed by atoms with E-state index in [1.807, 2.05) is 6.07 Å². The highest BCUT2D eigenvalue weighted by Gasteiger charge is 2.14. The van der Waals surface area contributed by atoms with Crippen LogP contribution in [0.2, 0.25) is 5.02 Å². The van der Waals surface area contributed by atoms with Gasteiger partial charge in [0, 0.05) is 16.6 Å². The first-order valence-corrected chi connectivity index (χ1v) is 8.90. The van der Waals surface area contributed by atoms with E-state index in [9.17, 15) is 4.79 Å². The van der Waals surface area contributed by atoms with Gasteiger partial charge in [-0.1, -0.05) is 22.9 Å². The summed E-state index contributed by atoms with van der Waals surface area (Å²) in [5.41, 5.74) is 0.740. The van der Waals surface area contributed by atoms with Crippen LogP contribution in [0.15, 0.2) is 65.4 Å². The molecule has 4 aromatic rings. The number of hydrogen-bond acceptors (Lipinski definition) is 6. The SMILES string of the molecule is O=C(OCc1ccco1)c1ccc(Oc2ccnc3cc(Cl)ccc23)s1. The van der Waals surface area contributed by atoms with Crippen molar-refractivity contribution in [2.75, 3.05) is 0 Å². The molecule has 26 heavy (non-hydrogen) atoms. The third-order valence-electron chi connectivity index (χ3n) is 3.58. The molecule has 0 saturated heterocycles. The number of esters is 1. The van der Waals surface area contributed by atoms with E-state index in [0.29, 0.717) is 26.5 Å². The highest BCUT2D eigenvalue weighted by Crippen LogP contribution is 2.34. The molecule has 0 N–H and O–H groups in total. The van der Waals surface area contributed by atoms with E-state index in [0.717, 1.165) is 10.9 Å². The first-order chi connectivity index (χ1) is 12.7. The van der Waals surface area contributed by atoms with Crippen molar-refractivity contribution in [3.8, 4) is 10.8 Å². The molecule has 3 heterocycles. The zero-order valence-electron chi connectivity index (χ0n) is 13.3. The minimum absolute atomic E-state index is 0.0929. The quantitative estimate of drug-likeness (QED) is 0.413. The molecule has 0 saturated carbocycles. The molecule has 0 aliphatic heterocycles. The highest BCUT2D eigenvalue weighted by molar-refractivity contribution is 7.15. The number of halogens is 1. The minimum Gasteiger partial charge on any atom is -0.466 e. The lowest BCUT2D eigenvalue weighted by Crippen LogP contribution is -2.02. The van der Waals surface area contributed by atoms with Gasteiger partial charge in [-0.25, -0.2) is 4.79 Å². The number of ether oxygens (including phenoxy) is 2. The summed E-state index contributed by atoms with van der Waals surface area (Å²) in [5, 5.41) is 2.03. The largest absolute Gasteiger partial charge is 0.466 e. The van der Waals surface area contributed by atoms with Gasteiger partial charge in [0.2, 0.25) is 0 Å². The van der Waals surface area contributed by atoms with Crippen molar-refractivity contribution in [2.45, 2.75) is 6.61 Å². The molecule has 1 aromatic carbocycles. The summed E-state index contributed by atoms with van der Waals surface area (Å²) in [4.78, 5) is 16.9. The van der Waals surface area contributed by atoms with E-state index in [2.05, 4.69) is 4.98 Å². The van der Waals surface area contributed by atoms with Gasteiger partial charge in [0.15, 0.2) is 5.06 Å². The monoisotopic (exact) mass is 385 g/mol. The van der Waals surface area contributed by atoms with Crippen molar-refractivity contribution in [3.05, 3.63) is 76.7 Å². The Bertz CT molecular complexity index is 1060. The molecular weight excluding hydrogens is 374 g/mol. The fraction of sp³-hybridized carbons (Fsp3) is 0.0526. The van der Waals surface area contributed by atoms with E-state index < -0.39 is 5.97 Å². The van der Waals surface area contributed by atoms with Crippen LogP contribution in [-0.2, 0) is 11.3 Å². The van der Waals surface area contributed by atoms with Gasteiger partial charge in [-0.15, -0.1) is 0 Å². The lowest BCUT2D eigenvalue weighted by Gasteiger charge is -2.06. The van der Waals surface area contributed by atoms with Gasteiger partial charge < -0.3 is 13.9 Å². The first kappa shape index (κ1) is 16.6. The maximum atomic E-state index is 12.1. The third-order valence-corrected chi connectivity index (χ3v) is 4.76. The fourth-order valence-corrected chi connectivity index (χ4v) is 3.31. The topological polar surface area (TPSA) is 61.6 Å². The van der Waals surface area contributed by atoms with Crippen LogP contribution in [0.25, 0.3) is 10.9 Å². The summed E-state index contributed by atoms with van der Waals surface area (Å²) in [6.45, 7) is 0.0929. The molecule has 7 heteroatoms. The van der Waals surface area contributed by atoms with Crippen LogP contribution in [0.5, 0.6) is 10.8 Å². The van der Waals surface area contributed by atoms with Gasteiger partial charge in [-0.2, -0.15) is 0 Å². The lowest BCUT2D eigenvalue weighted by atomic mass is 10.2. The van der Waals surface area contributed by atoms with Crippen LogP contribution in [0.1, 0.15) is 15.4 Å². The van der Waals surface area contributed by atoms with Gasteiger partial charge >= 0.3 is 5.97 Å². The number of carbonyl (C=O) groups is 1. The average Bonchev–Trinajstić information content (AvgIpc) is 3.31. The summed E-state index contributed by atoms with van der Waals surface area (Å²) in [5.74, 6) is 0.810. The van der Waals surface area contributed by atoms with E-state index in [-0.39, 0.29) is 6.61 Å². The maximum absolute atomic E-state index is 12.1. The van der Waals surface area contributed by atoms with Gasteiger partial charge in [0.05, 0.1) is 11.8 Å². The van der Waals surface area contributed by atoms with Gasteiger partial charge in [0.1, 0.15) is 23.0 Å². The van der Waals surface area contributed by atoms with E-state index in [1.54, 1.807) is 48.7 Å². The van der Waals surface area contributed by atoms with Crippen molar-refractivity contribution in [3.63, 3.8) is 0 Å². The number of benzene rings is 1. The Morgan fingerprint density at radius 3 is 2.96 bits per heavy atom. The minimum atomic E-state index is -0.424. The molecule has 0 unspecified atom stereocenters. The molecule has 0 radical (unpaired) electrons. The molecule has 0 fully saturated rings. The molecule has 0 amide bonds. The van der Waals surface area contributed by atoms with Crippen LogP contribution in [0, 0.1) is 0 Å².